The summed E-state index contributed by atoms with van der Waals surface area (Å²) in [6.45, 7) is 12.4. The van der Waals surface area contributed by atoms with Crippen LogP contribution in [0.5, 0.6) is 0 Å². The van der Waals surface area contributed by atoms with Gasteiger partial charge in [0.05, 0.1) is 29.2 Å². The molecular formula is C28H42N4O4S. The number of thioether (sulfide) groups is 1. The summed E-state index contributed by atoms with van der Waals surface area (Å²) in [6, 6.07) is 6.56. The van der Waals surface area contributed by atoms with Crippen LogP contribution in [0, 0.1) is 17.8 Å². The number of rotatable bonds is 11. The Morgan fingerprint density at radius 1 is 1.16 bits per heavy atom. The van der Waals surface area contributed by atoms with Gasteiger partial charge in [0.1, 0.15) is 6.04 Å². The normalized spacial score (nSPS) is 30.8. The Hall–Kier alpha value is -2.26. The SMILES string of the molecule is CCCNC(=O)[C@@H]1[C@H]2C(=O)N([C@@H](CC)CO)C(C(=O)Nc3ccc(N(CC)CC)cc3)C23S[C@@H]1CC3C. The zero-order valence-corrected chi connectivity index (χ0v) is 23.5. The third-order valence-electron chi connectivity index (χ3n) is 8.62. The summed E-state index contributed by atoms with van der Waals surface area (Å²) in [5.74, 6) is -1.43. The predicted octanol–water partition coefficient (Wildman–Crippen LogP) is 3.11. The number of hydrogen-bond donors (Lipinski definition) is 3. The molecule has 7 atom stereocenters. The van der Waals surface area contributed by atoms with E-state index >= 15 is 0 Å². The van der Waals surface area contributed by atoms with Gasteiger partial charge in [0, 0.05) is 36.3 Å². The van der Waals surface area contributed by atoms with Crippen LogP contribution in [0.15, 0.2) is 24.3 Å². The first-order valence-corrected chi connectivity index (χ1v) is 14.7. The van der Waals surface area contributed by atoms with E-state index < -0.39 is 28.7 Å². The van der Waals surface area contributed by atoms with Gasteiger partial charge in [-0.05, 0) is 63.3 Å². The van der Waals surface area contributed by atoms with Gasteiger partial charge in [-0.3, -0.25) is 14.4 Å². The molecule has 3 saturated heterocycles. The maximum absolute atomic E-state index is 14.1. The highest BCUT2D eigenvalue weighted by atomic mass is 32.2. The van der Waals surface area contributed by atoms with E-state index in [1.165, 1.54) is 0 Å². The fourth-order valence-corrected chi connectivity index (χ4v) is 9.20. The number of carbonyl (C=O) groups excluding carboxylic acids is 3. The van der Waals surface area contributed by atoms with E-state index in [9.17, 15) is 19.5 Å². The molecule has 2 bridgehead atoms. The zero-order valence-electron chi connectivity index (χ0n) is 22.7. The molecule has 4 rings (SSSR count). The number of aliphatic hydroxyl groups excluding tert-OH is 1. The molecule has 0 aromatic heterocycles. The molecule has 1 aromatic carbocycles. The van der Waals surface area contributed by atoms with Crippen molar-refractivity contribution in [3.8, 4) is 0 Å². The summed E-state index contributed by atoms with van der Waals surface area (Å²) >= 11 is 1.66. The van der Waals surface area contributed by atoms with Crippen LogP contribution in [0.4, 0.5) is 11.4 Å². The molecule has 3 aliphatic rings. The molecule has 9 heteroatoms. The Labute approximate surface area is 224 Å². The average molecular weight is 531 g/mol. The second kappa shape index (κ2) is 11.2. The van der Waals surface area contributed by atoms with E-state index in [-0.39, 0.29) is 35.5 Å². The van der Waals surface area contributed by atoms with Crippen molar-refractivity contribution < 1.29 is 19.5 Å². The molecule has 0 radical (unpaired) electrons. The molecule has 8 nitrogen and oxygen atoms in total. The average Bonchev–Trinajstić information content (AvgIpc) is 3.49. The first kappa shape index (κ1) is 27.8. The topological polar surface area (TPSA) is 102 Å². The summed E-state index contributed by atoms with van der Waals surface area (Å²) in [5.41, 5.74) is 1.76. The van der Waals surface area contributed by atoms with Crippen molar-refractivity contribution in [1.82, 2.24) is 10.2 Å². The summed E-state index contributed by atoms with van der Waals surface area (Å²) < 4.78 is -0.691. The highest BCUT2D eigenvalue weighted by molar-refractivity contribution is 8.02. The fourth-order valence-electron chi connectivity index (χ4n) is 6.79. The number of hydrogen-bond acceptors (Lipinski definition) is 6. The van der Waals surface area contributed by atoms with Crippen LogP contribution in [0.3, 0.4) is 0 Å². The van der Waals surface area contributed by atoms with E-state index in [2.05, 4.69) is 36.3 Å². The van der Waals surface area contributed by atoms with Crippen molar-refractivity contribution in [1.29, 1.82) is 0 Å². The Bertz CT molecular complexity index is 996. The monoisotopic (exact) mass is 530 g/mol. The van der Waals surface area contributed by atoms with Gasteiger partial charge in [0.2, 0.25) is 17.7 Å². The molecule has 3 heterocycles. The number of benzene rings is 1. The fraction of sp³-hybridized carbons (Fsp3) is 0.679. The lowest BCUT2D eigenvalue weighted by Crippen LogP contribution is -2.57. The summed E-state index contributed by atoms with van der Waals surface area (Å²) in [7, 11) is 0. The highest BCUT2D eigenvalue weighted by Crippen LogP contribution is 2.68. The van der Waals surface area contributed by atoms with Gasteiger partial charge in [0.25, 0.3) is 0 Å². The minimum absolute atomic E-state index is 0.0146. The van der Waals surface area contributed by atoms with Gasteiger partial charge in [-0.15, -0.1) is 11.8 Å². The van der Waals surface area contributed by atoms with Gasteiger partial charge in [-0.1, -0.05) is 20.8 Å². The third-order valence-corrected chi connectivity index (χ3v) is 10.7. The number of likely N-dealkylation sites (tertiary alicyclic amines) is 1. The Morgan fingerprint density at radius 3 is 2.41 bits per heavy atom. The van der Waals surface area contributed by atoms with Crippen LogP contribution in [0.1, 0.15) is 53.9 Å². The van der Waals surface area contributed by atoms with Gasteiger partial charge in [-0.25, -0.2) is 0 Å². The van der Waals surface area contributed by atoms with Crippen molar-refractivity contribution in [2.45, 2.75) is 76.0 Å². The predicted molar refractivity (Wildman–Crippen MR) is 149 cm³/mol. The lowest BCUT2D eigenvalue weighted by molar-refractivity contribution is -0.142. The molecule has 3 N–H and O–H groups in total. The number of anilines is 2. The molecule has 3 unspecified atom stereocenters. The van der Waals surface area contributed by atoms with Crippen LogP contribution >= 0.6 is 11.8 Å². The van der Waals surface area contributed by atoms with E-state index in [0.29, 0.717) is 18.7 Å². The largest absolute Gasteiger partial charge is 0.394 e. The smallest absolute Gasteiger partial charge is 0.248 e. The summed E-state index contributed by atoms with van der Waals surface area (Å²) in [4.78, 5) is 45.2. The van der Waals surface area contributed by atoms with Crippen LogP contribution < -0.4 is 15.5 Å². The minimum Gasteiger partial charge on any atom is -0.394 e. The van der Waals surface area contributed by atoms with Crippen molar-refractivity contribution in [3.05, 3.63) is 24.3 Å². The standard InChI is InChI=1S/C28H42N4O4S/c1-6-14-29-25(34)22-21-15-17(5)28(37-21)23(22)27(36)32(19(7-2)16-33)24(28)26(35)30-18-10-12-20(13-11-18)31(8-3)9-4/h10-13,17,19,21-24,33H,6-9,14-16H2,1-5H3,(H,29,34)(H,30,35)/t17?,19-,21+,22-,23-,24?,28?/m0/s1. The van der Waals surface area contributed by atoms with Gasteiger partial charge < -0.3 is 25.5 Å². The number of amides is 3. The van der Waals surface area contributed by atoms with Crippen molar-refractivity contribution in [2.75, 3.05) is 36.5 Å². The van der Waals surface area contributed by atoms with Crippen molar-refractivity contribution >= 4 is 40.9 Å². The summed E-state index contributed by atoms with van der Waals surface area (Å²) in [5, 5.41) is 16.3. The number of nitrogens with zero attached hydrogens (tertiary/aromatic N) is 2. The molecule has 3 aliphatic heterocycles. The first-order chi connectivity index (χ1) is 17.8. The number of aliphatic hydroxyl groups is 1. The molecular weight excluding hydrogens is 488 g/mol. The molecule has 0 saturated carbocycles. The molecule has 37 heavy (non-hydrogen) atoms. The second-order valence-corrected chi connectivity index (χ2v) is 12.1. The third kappa shape index (κ3) is 4.52. The van der Waals surface area contributed by atoms with E-state index in [1.54, 1.807) is 16.7 Å². The maximum Gasteiger partial charge on any atom is 0.248 e. The Kier molecular flexibility index (Phi) is 8.43. The lowest BCUT2D eigenvalue weighted by atomic mass is 9.66. The van der Waals surface area contributed by atoms with Crippen LogP contribution in [0.25, 0.3) is 0 Å². The molecule has 1 spiro atoms. The molecule has 1 aromatic rings. The number of fused-ring (bicyclic) bond motifs is 1. The lowest BCUT2D eigenvalue weighted by Gasteiger charge is -2.40. The van der Waals surface area contributed by atoms with E-state index in [4.69, 9.17) is 0 Å². The Balaban J connectivity index is 1.68. The molecule has 204 valence electrons. The van der Waals surface area contributed by atoms with Gasteiger partial charge in [0.15, 0.2) is 0 Å². The molecule has 0 aliphatic carbocycles. The maximum atomic E-state index is 14.1. The Morgan fingerprint density at radius 2 is 1.84 bits per heavy atom. The van der Waals surface area contributed by atoms with Crippen LogP contribution in [0.2, 0.25) is 0 Å². The summed E-state index contributed by atoms with van der Waals surface area (Å²) in [6.07, 6.45) is 2.15. The van der Waals surface area contributed by atoms with Crippen molar-refractivity contribution in [3.63, 3.8) is 0 Å². The van der Waals surface area contributed by atoms with Crippen LogP contribution in [-0.2, 0) is 14.4 Å². The molecule has 3 fully saturated rings. The van der Waals surface area contributed by atoms with Crippen molar-refractivity contribution in [2.24, 2.45) is 17.8 Å². The van der Waals surface area contributed by atoms with Gasteiger partial charge >= 0.3 is 0 Å². The van der Waals surface area contributed by atoms with Gasteiger partial charge in [-0.2, -0.15) is 0 Å². The first-order valence-electron chi connectivity index (χ1n) is 13.8. The highest BCUT2D eigenvalue weighted by Gasteiger charge is 2.76. The zero-order chi connectivity index (χ0) is 26.9. The number of nitrogens with one attached hydrogen (secondary N) is 2. The second-order valence-electron chi connectivity index (χ2n) is 10.5. The molecule has 3 amide bonds. The minimum atomic E-state index is -0.751. The quantitative estimate of drug-likeness (QED) is 0.406. The number of carbonyl (C=O) groups is 3. The van der Waals surface area contributed by atoms with Crippen LogP contribution in [-0.4, -0.2) is 76.0 Å². The van der Waals surface area contributed by atoms with E-state index in [1.807, 2.05) is 38.1 Å². The van der Waals surface area contributed by atoms with E-state index in [0.717, 1.165) is 31.6 Å².